The molecule has 0 bridgehead atoms. The summed E-state index contributed by atoms with van der Waals surface area (Å²) < 4.78 is 18.5. The summed E-state index contributed by atoms with van der Waals surface area (Å²) in [6, 6.07) is 6.26. The van der Waals surface area contributed by atoms with Gasteiger partial charge in [0.1, 0.15) is 23.8 Å². The lowest BCUT2D eigenvalue weighted by Gasteiger charge is -2.36. The second-order valence-corrected chi connectivity index (χ2v) is 6.92. The van der Waals surface area contributed by atoms with Gasteiger partial charge in [-0.25, -0.2) is 4.39 Å². The van der Waals surface area contributed by atoms with E-state index in [2.05, 4.69) is 4.90 Å². The molecule has 1 amide bonds. The van der Waals surface area contributed by atoms with Crippen molar-refractivity contribution in [2.24, 2.45) is 0 Å². The number of piperidine rings is 1. The quantitative estimate of drug-likeness (QED) is 0.908. The van der Waals surface area contributed by atoms with Crippen molar-refractivity contribution < 1.29 is 19.0 Å². The van der Waals surface area contributed by atoms with Crippen LogP contribution in [0.3, 0.4) is 0 Å². The molecule has 24 heavy (non-hydrogen) atoms. The second-order valence-electron chi connectivity index (χ2n) is 6.92. The first-order valence-corrected chi connectivity index (χ1v) is 8.55. The molecule has 2 saturated heterocycles. The van der Waals surface area contributed by atoms with Crippen molar-refractivity contribution in [2.75, 3.05) is 32.8 Å². The minimum absolute atomic E-state index is 0.138. The van der Waals surface area contributed by atoms with E-state index >= 15 is 0 Å². The van der Waals surface area contributed by atoms with E-state index < -0.39 is 5.60 Å². The van der Waals surface area contributed by atoms with Gasteiger partial charge in [-0.2, -0.15) is 0 Å². The minimum atomic E-state index is -0.869. The van der Waals surface area contributed by atoms with Gasteiger partial charge in [-0.05, 0) is 43.5 Å². The molecule has 1 aromatic rings. The number of amides is 1. The molecule has 5 nitrogen and oxygen atoms in total. The third-order valence-corrected chi connectivity index (χ3v) is 5.11. The van der Waals surface area contributed by atoms with Crippen LogP contribution in [-0.4, -0.2) is 65.2 Å². The fourth-order valence-electron chi connectivity index (χ4n) is 3.61. The lowest BCUT2D eigenvalue weighted by atomic mass is 10.0. The van der Waals surface area contributed by atoms with E-state index in [1.165, 1.54) is 12.1 Å². The second kappa shape index (κ2) is 7.07. The van der Waals surface area contributed by atoms with Crippen LogP contribution in [0.1, 0.15) is 26.2 Å². The van der Waals surface area contributed by atoms with Crippen molar-refractivity contribution in [3.05, 3.63) is 30.1 Å². The van der Waals surface area contributed by atoms with Crippen LogP contribution < -0.4 is 4.74 Å². The summed E-state index contributed by atoms with van der Waals surface area (Å²) in [6.07, 6.45) is 2.57. The van der Waals surface area contributed by atoms with E-state index in [1.807, 2.05) is 4.90 Å². The summed E-state index contributed by atoms with van der Waals surface area (Å²) in [5.41, 5.74) is -0.869. The van der Waals surface area contributed by atoms with Crippen LogP contribution in [-0.2, 0) is 4.79 Å². The number of hydrogen-bond acceptors (Lipinski definition) is 4. The molecule has 0 aromatic heterocycles. The molecule has 3 rings (SSSR count). The summed E-state index contributed by atoms with van der Waals surface area (Å²) in [4.78, 5) is 15.6. The first-order chi connectivity index (χ1) is 11.5. The number of nitrogens with zero attached hydrogens (tertiary/aromatic N) is 2. The molecular formula is C18H25FN2O3. The van der Waals surface area contributed by atoms with Crippen LogP contribution in [0.4, 0.5) is 4.39 Å². The zero-order valence-corrected chi connectivity index (χ0v) is 14.1. The normalized spacial score (nSPS) is 25.9. The maximum Gasteiger partial charge on any atom is 0.219 e. The number of rotatable bonds is 4. The van der Waals surface area contributed by atoms with E-state index in [0.717, 1.165) is 32.5 Å². The third-order valence-electron chi connectivity index (χ3n) is 5.11. The molecule has 2 fully saturated rings. The Labute approximate surface area is 142 Å². The summed E-state index contributed by atoms with van der Waals surface area (Å²) >= 11 is 0. The summed E-state index contributed by atoms with van der Waals surface area (Å²) in [6.45, 7) is 4.83. The molecule has 2 aliphatic heterocycles. The Balaban J connectivity index is 1.49. The number of carbonyl (C=O) groups excluding carboxylic acids is 1. The highest BCUT2D eigenvalue weighted by molar-refractivity contribution is 5.73. The first kappa shape index (κ1) is 17.2. The van der Waals surface area contributed by atoms with E-state index in [-0.39, 0.29) is 18.3 Å². The van der Waals surface area contributed by atoms with Crippen molar-refractivity contribution >= 4 is 5.91 Å². The zero-order valence-electron chi connectivity index (χ0n) is 14.1. The fourth-order valence-corrected chi connectivity index (χ4v) is 3.61. The van der Waals surface area contributed by atoms with Crippen molar-refractivity contribution in [1.29, 1.82) is 0 Å². The van der Waals surface area contributed by atoms with Crippen molar-refractivity contribution in [3.8, 4) is 5.75 Å². The van der Waals surface area contributed by atoms with Crippen LogP contribution >= 0.6 is 0 Å². The fraction of sp³-hybridized carbons (Fsp3) is 0.611. The number of ether oxygens (including phenoxy) is 1. The average molecular weight is 336 g/mol. The largest absolute Gasteiger partial charge is 0.491 e. The molecule has 0 aliphatic carbocycles. The van der Waals surface area contributed by atoms with E-state index in [9.17, 15) is 14.3 Å². The van der Waals surface area contributed by atoms with Gasteiger partial charge in [-0.1, -0.05) is 0 Å². The molecule has 2 heterocycles. The van der Waals surface area contributed by atoms with Gasteiger partial charge in [-0.15, -0.1) is 0 Å². The highest BCUT2D eigenvalue weighted by atomic mass is 19.1. The summed E-state index contributed by atoms with van der Waals surface area (Å²) in [5.74, 6) is 0.405. The third kappa shape index (κ3) is 4.05. The maximum absolute atomic E-state index is 12.9. The standard InChI is InChI=1S/C18H25FN2O3/c1-14(22)20-9-6-16(7-10-20)21-11-8-18(23,12-21)13-24-17-4-2-15(19)3-5-17/h2-5,16,23H,6-13H2,1H3. The van der Waals surface area contributed by atoms with Crippen LogP contribution in [0, 0.1) is 5.82 Å². The molecule has 1 aromatic carbocycles. The lowest BCUT2D eigenvalue weighted by Crippen LogP contribution is -2.47. The number of β-amino-alcohol motifs (C(OH)–C–C–N with tert-alkyl or cyclic N) is 1. The van der Waals surface area contributed by atoms with Crippen LogP contribution in [0.5, 0.6) is 5.75 Å². The highest BCUT2D eigenvalue weighted by Gasteiger charge is 2.40. The van der Waals surface area contributed by atoms with Crippen LogP contribution in [0.25, 0.3) is 0 Å². The molecule has 0 spiro atoms. The Kier molecular flexibility index (Phi) is 5.06. The number of likely N-dealkylation sites (tertiary alicyclic amines) is 2. The molecule has 2 aliphatic rings. The minimum Gasteiger partial charge on any atom is -0.491 e. The van der Waals surface area contributed by atoms with Gasteiger partial charge in [0.05, 0.1) is 0 Å². The Morgan fingerprint density at radius 1 is 1.29 bits per heavy atom. The SMILES string of the molecule is CC(=O)N1CCC(N2CCC(O)(COc3ccc(F)cc3)C2)CC1. The predicted molar refractivity (Wildman–Crippen MR) is 88.3 cm³/mol. The van der Waals surface area contributed by atoms with Gasteiger partial charge in [0.2, 0.25) is 5.91 Å². The summed E-state index contributed by atoms with van der Waals surface area (Å²) in [7, 11) is 0. The summed E-state index contributed by atoms with van der Waals surface area (Å²) in [5, 5.41) is 10.7. The first-order valence-electron chi connectivity index (χ1n) is 8.55. The maximum atomic E-state index is 12.9. The highest BCUT2D eigenvalue weighted by Crippen LogP contribution is 2.28. The van der Waals surface area contributed by atoms with Gasteiger partial charge >= 0.3 is 0 Å². The van der Waals surface area contributed by atoms with E-state index in [4.69, 9.17) is 4.74 Å². The Morgan fingerprint density at radius 2 is 1.96 bits per heavy atom. The number of benzene rings is 1. The van der Waals surface area contributed by atoms with Gasteiger partial charge in [0.25, 0.3) is 0 Å². The van der Waals surface area contributed by atoms with Crippen LogP contribution in [0.15, 0.2) is 24.3 Å². The van der Waals surface area contributed by atoms with E-state index in [0.29, 0.717) is 24.8 Å². The van der Waals surface area contributed by atoms with Gasteiger partial charge in [0.15, 0.2) is 0 Å². The molecular weight excluding hydrogens is 311 g/mol. The smallest absolute Gasteiger partial charge is 0.219 e. The predicted octanol–water partition coefficient (Wildman–Crippen LogP) is 1.65. The van der Waals surface area contributed by atoms with Gasteiger partial charge in [0, 0.05) is 39.1 Å². The van der Waals surface area contributed by atoms with Crippen LogP contribution in [0.2, 0.25) is 0 Å². The monoisotopic (exact) mass is 336 g/mol. The number of aliphatic hydroxyl groups is 1. The molecule has 6 heteroatoms. The molecule has 1 atom stereocenters. The molecule has 0 saturated carbocycles. The lowest BCUT2D eigenvalue weighted by molar-refractivity contribution is -0.130. The van der Waals surface area contributed by atoms with Gasteiger partial charge < -0.3 is 14.7 Å². The van der Waals surface area contributed by atoms with E-state index in [1.54, 1.807) is 19.1 Å². The number of hydrogen-bond donors (Lipinski definition) is 1. The zero-order chi connectivity index (χ0) is 17.2. The molecule has 1 unspecified atom stereocenters. The number of carbonyl (C=O) groups is 1. The van der Waals surface area contributed by atoms with Crippen molar-refractivity contribution in [1.82, 2.24) is 9.80 Å². The van der Waals surface area contributed by atoms with Crippen molar-refractivity contribution in [2.45, 2.75) is 37.8 Å². The average Bonchev–Trinajstić information content (AvgIpc) is 2.97. The molecule has 0 radical (unpaired) electrons. The Hall–Kier alpha value is -1.66. The van der Waals surface area contributed by atoms with Gasteiger partial charge in [-0.3, -0.25) is 9.69 Å². The Morgan fingerprint density at radius 3 is 2.58 bits per heavy atom. The molecule has 132 valence electrons. The van der Waals surface area contributed by atoms with Crippen molar-refractivity contribution in [3.63, 3.8) is 0 Å². The number of halogens is 1. The molecule has 1 N–H and O–H groups in total. The topological polar surface area (TPSA) is 53.0 Å². The Bertz CT molecular complexity index is 572.